The van der Waals surface area contributed by atoms with Crippen molar-refractivity contribution in [3.05, 3.63) is 33.1 Å². The third-order valence-electron chi connectivity index (χ3n) is 2.53. The van der Waals surface area contributed by atoms with Crippen molar-refractivity contribution < 1.29 is 9.90 Å². The summed E-state index contributed by atoms with van der Waals surface area (Å²) in [4.78, 5) is 23.0. The Kier molecular flexibility index (Phi) is 2.55. The molecule has 5 heteroatoms. The van der Waals surface area contributed by atoms with Crippen LogP contribution in [-0.2, 0) is 6.54 Å². The maximum Gasteiger partial charge on any atom is 0.345 e. The molecule has 84 valence electrons. The van der Waals surface area contributed by atoms with E-state index in [1.54, 1.807) is 4.57 Å². The Hall–Kier alpha value is -1.62. The van der Waals surface area contributed by atoms with E-state index in [4.69, 9.17) is 5.11 Å². The minimum Gasteiger partial charge on any atom is -0.477 e. The molecule has 4 nitrogen and oxygen atoms in total. The Morgan fingerprint density at radius 1 is 1.50 bits per heavy atom. The quantitative estimate of drug-likeness (QED) is 0.870. The highest BCUT2D eigenvalue weighted by Gasteiger charge is 2.12. The fourth-order valence-corrected chi connectivity index (χ4v) is 2.74. The average molecular weight is 237 g/mol. The summed E-state index contributed by atoms with van der Waals surface area (Å²) in [6, 6.07) is 3.31. The van der Waals surface area contributed by atoms with Crippen molar-refractivity contribution in [2.24, 2.45) is 0 Å². The average Bonchev–Trinajstić information content (AvgIpc) is 2.62. The summed E-state index contributed by atoms with van der Waals surface area (Å²) in [6.07, 6.45) is 0. The van der Waals surface area contributed by atoms with E-state index in [2.05, 4.69) is 0 Å². The first-order valence-corrected chi connectivity index (χ1v) is 5.73. The number of hydrogen-bond donors (Lipinski definition) is 1. The normalized spacial score (nSPS) is 10.9. The zero-order chi connectivity index (χ0) is 11.9. The molecule has 0 fully saturated rings. The van der Waals surface area contributed by atoms with E-state index < -0.39 is 5.97 Å². The second kappa shape index (κ2) is 3.75. The lowest BCUT2D eigenvalue weighted by atomic mass is 10.2. The van der Waals surface area contributed by atoms with Crippen molar-refractivity contribution in [3.8, 4) is 0 Å². The van der Waals surface area contributed by atoms with Gasteiger partial charge in [0.25, 0.3) is 5.56 Å². The fraction of sp³-hybridized carbons (Fsp3) is 0.273. The van der Waals surface area contributed by atoms with Gasteiger partial charge in [0.1, 0.15) is 4.88 Å². The molecular formula is C11H11NO3S. The molecule has 2 rings (SSSR count). The van der Waals surface area contributed by atoms with Gasteiger partial charge >= 0.3 is 5.97 Å². The molecule has 0 aliphatic rings. The van der Waals surface area contributed by atoms with E-state index in [0.29, 0.717) is 11.9 Å². The zero-order valence-electron chi connectivity index (χ0n) is 8.98. The van der Waals surface area contributed by atoms with Gasteiger partial charge in [-0.1, -0.05) is 0 Å². The van der Waals surface area contributed by atoms with Crippen molar-refractivity contribution in [2.45, 2.75) is 20.4 Å². The van der Waals surface area contributed by atoms with Crippen molar-refractivity contribution in [1.82, 2.24) is 4.57 Å². The van der Waals surface area contributed by atoms with Gasteiger partial charge < -0.3 is 9.67 Å². The molecule has 0 aromatic carbocycles. The van der Waals surface area contributed by atoms with Gasteiger partial charge in [0, 0.05) is 16.9 Å². The summed E-state index contributed by atoms with van der Waals surface area (Å²) < 4.78 is 2.38. The molecule has 2 aromatic heterocycles. The smallest absolute Gasteiger partial charge is 0.345 e. The first-order valence-electron chi connectivity index (χ1n) is 4.92. The predicted molar refractivity (Wildman–Crippen MR) is 63.5 cm³/mol. The van der Waals surface area contributed by atoms with Gasteiger partial charge in [-0.2, -0.15) is 0 Å². The molecule has 0 radical (unpaired) electrons. The lowest BCUT2D eigenvalue weighted by Gasteiger charge is -2.05. The maximum atomic E-state index is 12.0. The van der Waals surface area contributed by atoms with E-state index in [0.717, 1.165) is 21.7 Å². The summed E-state index contributed by atoms with van der Waals surface area (Å²) in [5.74, 6) is -0.985. The number of rotatable bonds is 2. The second-order valence-corrected chi connectivity index (χ2v) is 4.61. The van der Waals surface area contributed by atoms with Crippen LogP contribution in [0.15, 0.2) is 16.9 Å². The number of pyridine rings is 1. The summed E-state index contributed by atoms with van der Waals surface area (Å²) in [5, 5.41) is 9.37. The first kappa shape index (κ1) is 10.9. The Bertz CT molecular complexity index is 624. The number of carboxylic acid groups (broad SMARTS) is 1. The largest absolute Gasteiger partial charge is 0.477 e. The van der Waals surface area contributed by atoms with Gasteiger partial charge in [0.05, 0.1) is 5.39 Å². The van der Waals surface area contributed by atoms with Crippen LogP contribution in [0.2, 0.25) is 0 Å². The number of carbonyl (C=O) groups is 1. The van der Waals surface area contributed by atoms with Gasteiger partial charge in [-0.25, -0.2) is 4.79 Å². The molecule has 0 saturated carbocycles. The first-order chi connectivity index (χ1) is 7.54. The molecule has 0 atom stereocenters. The molecule has 0 bridgehead atoms. The zero-order valence-corrected chi connectivity index (χ0v) is 9.80. The van der Waals surface area contributed by atoms with Crippen molar-refractivity contribution >= 4 is 27.4 Å². The van der Waals surface area contributed by atoms with Crippen molar-refractivity contribution in [2.75, 3.05) is 0 Å². The molecule has 0 amide bonds. The minimum atomic E-state index is -0.985. The molecule has 0 aliphatic heterocycles. The lowest BCUT2D eigenvalue weighted by Crippen LogP contribution is -2.20. The third-order valence-corrected chi connectivity index (χ3v) is 3.60. The molecule has 2 heterocycles. The Morgan fingerprint density at radius 3 is 2.75 bits per heavy atom. The molecule has 0 aliphatic carbocycles. The van der Waals surface area contributed by atoms with Crippen LogP contribution >= 0.6 is 11.3 Å². The monoisotopic (exact) mass is 237 g/mol. The van der Waals surface area contributed by atoms with Gasteiger partial charge in [-0.3, -0.25) is 4.79 Å². The summed E-state index contributed by atoms with van der Waals surface area (Å²) in [7, 11) is 0. The lowest BCUT2D eigenvalue weighted by molar-refractivity contribution is 0.0702. The molecular weight excluding hydrogens is 226 g/mol. The van der Waals surface area contributed by atoms with Crippen molar-refractivity contribution in [1.29, 1.82) is 0 Å². The van der Waals surface area contributed by atoms with Gasteiger partial charge in [0.2, 0.25) is 0 Å². The highest BCUT2D eigenvalue weighted by atomic mass is 32.1. The van der Waals surface area contributed by atoms with E-state index in [9.17, 15) is 9.59 Å². The molecule has 2 aromatic rings. The van der Waals surface area contributed by atoms with Gasteiger partial charge in [0.15, 0.2) is 0 Å². The Balaban J connectivity index is 2.84. The van der Waals surface area contributed by atoms with Crippen LogP contribution in [0.5, 0.6) is 0 Å². The van der Waals surface area contributed by atoms with E-state index in [1.807, 2.05) is 19.9 Å². The molecule has 0 unspecified atom stereocenters. The predicted octanol–water partition coefficient (Wildman–Crippen LogP) is 2.09. The van der Waals surface area contributed by atoms with Gasteiger partial charge in [-0.05, 0) is 26.0 Å². The standard InChI is InChI=1S/C11H11NO3S/c1-3-12-6(2)4-8-7(10(12)13)5-9(16-8)11(14)15/h4-5H,3H2,1-2H3,(H,14,15). The number of aryl methyl sites for hydroxylation is 1. The summed E-state index contributed by atoms with van der Waals surface area (Å²) in [6.45, 7) is 4.34. The van der Waals surface area contributed by atoms with Crippen LogP contribution in [0.25, 0.3) is 10.1 Å². The molecule has 0 spiro atoms. The van der Waals surface area contributed by atoms with Crippen LogP contribution in [0, 0.1) is 6.92 Å². The summed E-state index contributed by atoms with van der Waals surface area (Å²) >= 11 is 1.14. The second-order valence-electron chi connectivity index (χ2n) is 3.53. The third kappa shape index (κ3) is 1.53. The van der Waals surface area contributed by atoms with E-state index in [-0.39, 0.29) is 10.4 Å². The van der Waals surface area contributed by atoms with Gasteiger partial charge in [-0.15, -0.1) is 11.3 Å². The van der Waals surface area contributed by atoms with Crippen LogP contribution in [0.3, 0.4) is 0 Å². The number of nitrogens with zero attached hydrogens (tertiary/aromatic N) is 1. The number of hydrogen-bond acceptors (Lipinski definition) is 3. The molecule has 1 N–H and O–H groups in total. The molecule has 16 heavy (non-hydrogen) atoms. The Morgan fingerprint density at radius 2 is 2.19 bits per heavy atom. The molecule has 0 saturated heterocycles. The SMILES string of the molecule is CCn1c(C)cc2sc(C(=O)O)cc2c1=O. The maximum absolute atomic E-state index is 12.0. The van der Waals surface area contributed by atoms with Crippen LogP contribution < -0.4 is 5.56 Å². The summed E-state index contributed by atoms with van der Waals surface area (Å²) in [5.41, 5.74) is 0.750. The number of fused-ring (bicyclic) bond motifs is 1. The number of carboxylic acids is 1. The van der Waals surface area contributed by atoms with E-state index in [1.165, 1.54) is 6.07 Å². The van der Waals surface area contributed by atoms with Crippen LogP contribution in [0.1, 0.15) is 22.3 Å². The minimum absolute atomic E-state index is 0.110. The number of aromatic carboxylic acids is 1. The number of thiophene rings is 1. The highest BCUT2D eigenvalue weighted by molar-refractivity contribution is 7.20. The van der Waals surface area contributed by atoms with Crippen LogP contribution in [0.4, 0.5) is 0 Å². The fourth-order valence-electron chi connectivity index (χ4n) is 1.75. The highest BCUT2D eigenvalue weighted by Crippen LogP contribution is 2.23. The Labute approximate surface area is 95.8 Å². The van der Waals surface area contributed by atoms with Crippen LogP contribution in [-0.4, -0.2) is 15.6 Å². The topological polar surface area (TPSA) is 59.3 Å². The van der Waals surface area contributed by atoms with Crippen molar-refractivity contribution in [3.63, 3.8) is 0 Å². The van der Waals surface area contributed by atoms with E-state index >= 15 is 0 Å². The number of aromatic nitrogens is 1.